The molecule has 1 rings (SSSR count). The van der Waals surface area contributed by atoms with Gasteiger partial charge in [-0.1, -0.05) is 13.8 Å². The van der Waals surface area contributed by atoms with Crippen molar-refractivity contribution in [3.63, 3.8) is 0 Å². The maximum absolute atomic E-state index is 11.4. The van der Waals surface area contributed by atoms with E-state index in [9.17, 15) is 4.79 Å². The van der Waals surface area contributed by atoms with Crippen LogP contribution in [0.25, 0.3) is 0 Å². The molecule has 17 heavy (non-hydrogen) atoms. The first kappa shape index (κ1) is 13.6. The van der Waals surface area contributed by atoms with Crippen LogP contribution in [0.3, 0.4) is 0 Å². The second-order valence-corrected chi connectivity index (χ2v) is 3.91. The van der Waals surface area contributed by atoms with Crippen LogP contribution in [-0.2, 0) is 0 Å². The Morgan fingerprint density at radius 1 is 1.12 bits per heavy atom. The van der Waals surface area contributed by atoms with Crippen molar-refractivity contribution in [2.45, 2.75) is 33.6 Å². The van der Waals surface area contributed by atoms with Crippen molar-refractivity contribution in [3.05, 3.63) is 23.8 Å². The number of ether oxygens (including phenoxy) is 2. The summed E-state index contributed by atoms with van der Waals surface area (Å²) >= 11 is 0. The molecule has 0 atom stereocenters. The third-order valence-corrected chi connectivity index (χ3v) is 2.27. The normalized spacial score (nSPS) is 10.1. The number of rotatable bonds is 7. The molecule has 0 radical (unpaired) electrons. The predicted octanol–water partition coefficient (Wildman–Crippen LogP) is 3.47. The largest absolute Gasteiger partial charge is 0.493 e. The molecule has 0 spiro atoms. The minimum absolute atomic E-state index is 0.0122. The van der Waals surface area contributed by atoms with Crippen LogP contribution in [0.15, 0.2) is 18.2 Å². The van der Waals surface area contributed by atoms with Gasteiger partial charge >= 0.3 is 0 Å². The molecule has 0 aliphatic carbocycles. The van der Waals surface area contributed by atoms with Gasteiger partial charge in [0.15, 0.2) is 5.78 Å². The van der Waals surface area contributed by atoms with Crippen LogP contribution in [0.5, 0.6) is 11.5 Å². The molecule has 0 saturated heterocycles. The van der Waals surface area contributed by atoms with Gasteiger partial charge in [-0.25, -0.2) is 0 Å². The molecule has 0 fully saturated rings. The molecule has 0 unspecified atom stereocenters. The molecule has 0 bridgehead atoms. The summed E-state index contributed by atoms with van der Waals surface area (Å²) in [5.41, 5.74) is 0.613. The molecular formula is C14H20O3. The molecular weight excluding hydrogens is 216 g/mol. The average Bonchev–Trinajstić information content (AvgIpc) is 2.33. The van der Waals surface area contributed by atoms with E-state index in [2.05, 4.69) is 6.92 Å². The Balaban J connectivity index is 2.88. The summed E-state index contributed by atoms with van der Waals surface area (Å²) in [5.74, 6) is 1.38. The Kier molecular flexibility index (Phi) is 5.53. The van der Waals surface area contributed by atoms with Crippen molar-refractivity contribution >= 4 is 5.78 Å². The van der Waals surface area contributed by atoms with Gasteiger partial charge in [-0.2, -0.15) is 0 Å². The third-order valence-electron chi connectivity index (χ3n) is 2.27. The number of ketones is 1. The summed E-state index contributed by atoms with van der Waals surface area (Å²) in [7, 11) is 0. The maximum atomic E-state index is 11.4. The van der Waals surface area contributed by atoms with Crippen molar-refractivity contribution in [1.82, 2.24) is 0 Å². The molecule has 3 nitrogen and oxygen atoms in total. The van der Waals surface area contributed by atoms with E-state index >= 15 is 0 Å². The fourth-order valence-corrected chi connectivity index (χ4v) is 1.43. The lowest BCUT2D eigenvalue weighted by molar-refractivity contribution is 0.101. The molecule has 0 saturated carbocycles. The molecule has 1 aromatic rings. The first-order valence-electron chi connectivity index (χ1n) is 6.09. The van der Waals surface area contributed by atoms with Gasteiger partial charge in [-0.15, -0.1) is 0 Å². The van der Waals surface area contributed by atoms with E-state index in [0.717, 1.165) is 18.6 Å². The van der Waals surface area contributed by atoms with Crippen molar-refractivity contribution in [3.8, 4) is 11.5 Å². The van der Waals surface area contributed by atoms with Crippen LogP contribution in [0, 0.1) is 0 Å². The number of benzene rings is 1. The maximum Gasteiger partial charge on any atom is 0.163 e. The molecule has 1 aromatic carbocycles. The average molecular weight is 236 g/mol. The van der Waals surface area contributed by atoms with Gasteiger partial charge in [-0.05, 0) is 31.9 Å². The Labute approximate surface area is 103 Å². The summed E-state index contributed by atoms with van der Waals surface area (Å²) in [6.07, 6.45) is 1.87. The Morgan fingerprint density at radius 3 is 2.35 bits per heavy atom. The van der Waals surface area contributed by atoms with E-state index in [0.29, 0.717) is 24.5 Å². The molecule has 94 valence electrons. The number of carbonyl (C=O) groups excluding carboxylic acids is 1. The summed E-state index contributed by atoms with van der Waals surface area (Å²) in [6, 6.07) is 5.37. The van der Waals surface area contributed by atoms with Gasteiger partial charge in [-0.3, -0.25) is 4.79 Å². The van der Waals surface area contributed by atoms with Gasteiger partial charge in [0, 0.05) is 6.07 Å². The van der Waals surface area contributed by atoms with Gasteiger partial charge in [0.1, 0.15) is 11.5 Å². The van der Waals surface area contributed by atoms with E-state index in [1.54, 1.807) is 19.1 Å². The Hall–Kier alpha value is -1.51. The topological polar surface area (TPSA) is 35.5 Å². The monoisotopic (exact) mass is 236 g/mol. The highest BCUT2D eigenvalue weighted by Gasteiger charge is 2.09. The van der Waals surface area contributed by atoms with Crippen LogP contribution in [0.2, 0.25) is 0 Å². The van der Waals surface area contributed by atoms with Gasteiger partial charge in [0.25, 0.3) is 0 Å². The highest BCUT2D eigenvalue weighted by molar-refractivity contribution is 5.97. The van der Waals surface area contributed by atoms with Crippen molar-refractivity contribution in [1.29, 1.82) is 0 Å². The zero-order chi connectivity index (χ0) is 12.7. The second kappa shape index (κ2) is 6.94. The van der Waals surface area contributed by atoms with E-state index in [-0.39, 0.29) is 5.78 Å². The molecule has 0 aliphatic rings. The number of hydrogen-bond acceptors (Lipinski definition) is 3. The molecule has 0 N–H and O–H groups in total. The molecule has 0 heterocycles. The van der Waals surface area contributed by atoms with Gasteiger partial charge in [0.2, 0.25) is 0 Å². The first-order chi connectivity index (χ1) is 8.19. The fourth-order valence-electron chi connectivity index (χ4n) is 1.43. The minimum Gasteiger partial charge on any atom is -0.493 e. The fraction of sp³-hybridized carbons (Fsp3) is 0.500. The lowest BCUT2D eigenvalue weighted by atomic mass is 10.1. The molecule has 0 amide bonds. The summed E-state index contributed by atoms with van der Waals surface area (Å²) in [5, 5.41) is 0. The van der Waals surface area contributed by atoms with Crippen LogP contribution in [0.1, 0.15) is 44.0 Å². The smallest absolute Gasteiger partial charge is 0.163 e. The van der Waals surface area contributed by atoms with Crippen molar-refractivity contribution in [2.75, 3.05) is 13.2 Å². The van der Waals surface area contributed by atoms with E-state index in [4.69, 9.17) is 9.47 Å². The highest BCUT2D eigenvalue weighted by Crippen LogP contribution is 2.25. The SMILES string of the molecule is CCCOc1ccc(C(C)=O)c(OCCC)c1. The lowest BCUT2D eigenvalue weighted by Gasteiger charge is -2.11. The number of Topliss-reactive ketones (excluding diaryl/α,β-unsaturated/α-hetero) is 1. The number of carbonyl (C=O) groups is 1. The van der Waals surface area contributed by atoms with Crippen molar-refractivity contribution in [2.24, 2.45) is 0 Å². The van der Waals surface area contributed by atoms with E-state index < -0.39 is 0 Å². The summed E-state index contributed by atoms with van der Waals surface area (Å²) < 4.78 is 11.1. The van der Waals surface area contributed by atoms with Crippen LogP contribution < -0.4 is 9.47 Å². The summed E-state index contributed by atoms with van der Waals surface area (Å²) in [6.45, 7) is 6.91. The second-order valence-electron chi connectivity index (χ2n) is 3.91. The van der Waals surface area contributed by atoms with Crippen LogP contribution in [-0.4, -0.2) is 19.0 Å². The highest BCUT2D eigenvalue weighted by atomic mass is 16.5. The zero-order valence-electron chi connectivity index (χ0n) is 10.8. The first-order valence-corrected chi connectivity index (χ1v) is 6.09. The van der Waals surface area contributed by atoms with Crippen molar-refractivity contribution < 1.29 is 14.3 Å². The number of hydrogen-bond donors (Lipinski definition) is 0. The molecule has 0 aromatic heterocycles. The molecule has 0 aliphatic heterocycles. The van der Waals surface area contributed by atoms with Gasteiger partial charge in [0.05, 0.1) is 18.8 Å². The summed E-state index contributed by atoms with van der Waals surface area (Å²) in [4.78, 5) is 11.4. The predicted molar refractivity (Wildman–Crippen MR) is 68.0 cm³/mol. The Bertz CT molecular complexity index is 372. The standard InChI is InChI=1S/C14H20O3/c1-4-8-16-12-6-7-13(11(3)15)14(10-12)17-9-5-2/h6-7,10H,4-5,8-9H2,1-3H3. The zero-order valence-corrected chi connectivity index (χ0v) is 10.8. The van der Waals surface area contributed by atoms with E-state index in [1.165, 1.54) is 0 Å². The lowest BCUT2D eigenvalue weighted by Crippen LogP contribution is -2.03. The quantitative estimate of drug-likeness (QED) is 0.680. The Morgan fingerprint density at radius 2 is 1.76 bits per heavy atom. The molecule has 3 heteroatoms. The van der Waals surface area contributed by atoms with Gasteiger partial charge < -0.3 is 9.47 Å². The van der Waals surface area contributed by atoms with Crippen LogP contribution in [0.4, 0.5) is 0 Å². The minimum atomic E-state index is 0.0122. The third kappa shape index (κ3) is 4.10. The van der Waals surface area contributed by atoms with Crippen LogP contribution >= 0.6 is 0 Å². The van der Waals surface area contributed by atoms with E-state index in [1.807, 2.05) is 13.0 Å².